The third kappa shape index (κ3) is 2.62. The Morgan fingerprint density at radius 2 is 2.10 bits per heavy atom. The lowest BCUT2D eigenvalue weighted by Gasteiger charge is -1.94. The van der Waals surface area contributed by atoms with E-state index >= 15 is 0 Å². The van der Waals surface area contributed by atoms with E-state index in [9.17, 15) is 4.79 Å². The lowest BCUT2D eigenvalue weighted by atomic mass is 10.3. The SMILES string of the molecule is C/C(Br)=C(C=O)\C(Br)=N/N. The van der Waals surface area contributed by atoms with Gasteiger partial charge in [0, 0.05) is 4.48 Å². The summed E-state index contributed by atoms with van der Waals surface area (Å²) in [7, 11) is 0. The fourth-order valence-electron chi connectivity index (χ4n) is 0.341. The first-order valence-electron chi connectivity index (χ1n) is 2.38. The van der Waals surface area contributed by atoms with Crippen LogP contribution in [0.2, 0.25) is 0 Å². The second-order valence-corrected chi connectivity index (χ2v) is 3.43. The average molecular weight is 270 g/mol. The van der Waals surface area contributed by atoms with Gasteiger partial charge in [-0.3, -0.25) is 4.79 Å². The van der Waals surface area contributed by atoms with Crippen LogP contribution in [-0.4, -0.2) is 10.9 Å². The van der Waals surface area contributed by atoms with Crippen LogP contribution in [0.4, 0.5) is 0 Å². The molecule has 0 unspecified atom stereocenters. The highest BCUT2D eigenvalue weighted by molar-refractivity contribution is 9.18. The Labute approximate surface area is 75.6 Å². The van der Waals surface area contributed by atoms with Gasteiger partial charge in [0.1, 0.15) is 4.62 Å². The van der Waals surface area contributed by atoms with Crippen molar-refractivity contribution in [3.05, 3.63) is 10.1 Å². The van der Waals surface area contributed by atoms with Gasteiger partial charge >= 0.3 is 0 Å². The molecular formula is C5H6Br2N2O. The van der Waals surface area contributed by atoms with Gasteiger partial charge in [0.25, 0.3) is 0 Å². The van der Waals surface area contributed by atoms with E-state index in [-0.39, 0.29) is 0 Å². The third-order valence-electron chi connectivity index (χ3n) is 0.825. The normalized spacial score (nSPS) is 14.5. The summed E-state index contributed by atoms with van der Waals surface area (Å²) in [6.07, 6.45) is 0.671. The molecule has 0 fully saturated rings. The minimum absolute atomic E-state index is 0.344. The van der Waals surface area contributed by atoms with Crippen molar-refractivity contribution in [2.75, 3.05) is 0 Å². The highest BCUT2D eigenvalue weighted by Crippen LogP contribution is 2.13. The van der Waals surface area contributed by atoms with Gasteiger partial charge in [0.2, 0.25) is 0 Å². The first-order valence-corrected chi connectivity index (χ1v) is 3.97. The number of carbonyl (C=O) groups excluding carboxylic acids is 1. The number of halogens is 2. The van der Waals surface area contributed by atoms with Crippen LogP contribution in [0.15, 0.2) is 15.2 Å². The van der Waals surface area contributed by atoms with E-state index in [1.165, 1.54) is 0 Å². The number of hydrogen-bond donors (Lipinski definition) is 1. The maximum atomic E-state index is 10.3. The Hall–Kier alpha value is -0.160. The standard InChI is InChI=1S/C5H6Br2N2O/c1-3(6)4(2-10)5(7)9-8/h2H,8H2,1H3/b4-3+,9-5+. The largest absolute Gasteiger partial charge is 0.322 e. The van der Waals surface area contributed by atoms with E-state index in [2.05, 4.69) is 37.0 Å². The van der Waals surface area contributed by atoms with E-state index in [0.717, 1.165) is 0 Å². The molecule has 0 saturated carbocycles. The molecule has 0 rings (SSSR count). The smallest absolute Gasteiger partial charge is 0.153 e. The number of hydrogen-bond acceptors (Lipinski definition) is 3. The molecule has 0 amide bonds. The summed E-state index contributed by atoms with van der Waals surface area (Å²) >= 11 is 6.13. The van der Waals surface area contributed by atoms with Crippen LogP contribution in [0.1, 0.15) is 6.92 Å². The van der Waals surface area contributed by atoms with Crippen molar-refractivity contribution in [3.8, 4) is 0 Å². The lowest BCUT2D eigenvalue weighted by Crippen LogP contribution is -1.99. The fourth-order valence-corrected chi connectivity index (χ4v) is 1.28. The molecule has 0 aromatic carbocycles. The van der Waals surface area contributed by atoms with Crippen LogP contribution in [0.5, 0.6) is 0 Å². The number of nitrogens with zero attached hydrogens (tertiary/aromatic N) is 1. The van der Waals surface area contributed by atoms with Gasteiger partial charge in [-0.15, -0.1) is 0 Å². The first-order chi connectivity index (χ1) is 4.63. The van der Waals surface area contributed by atoms with Crippen molar-refractivity contribution in [3.63, 3.8) is 0 Å². The molecule has 0 radical (unpaired) electrons. The maximum Gasteiger partial charge on any atom is 0.153 e. The van der Waals surface area contributed by atoms with Crippen molar-refractivity contribution in [2.45, 2.75) is 6.92 Å². The van der Waals surface area contributed by atoms with Crippen LogP contribution in [0.25, 0.3) is 0 Å². The Balaban J connectivity index is 4.71. The summed E-state index contributed by atoms with van der Waals surface area (Å²) in [6, 6.07) is 0. The molecule has 0 aromatic heterocycles. The average Bonchev–Trinajstić information content (AvgIpc) is 1.88. The zero-order chi connectivity index (χ0) is 8.15. The van der Waals surface area contributed by atoms with E-state index in [4.69, 9.17) is 5.84 Å². The molecule has 0 aliphatic heterocycles. The molecule has 0 aliphatic rings. The number of rotatable bonds is 2. The third-order valence-corrected chi connectivity index (χ3v) is 1.88. The Morgan fingerprint density at radius 3 is 2.20 bits per heavy atom. The molecule has 0 aliphatic carbocycles. The van der Waals surface area contributed by atoms with E-state index in [0.29, 0.717) is 21.0 Å². The van der Waals surface area contributed by atoms with Gasteiger partial charge in [-0.05, 0) is 22.9 Å². The predicted molar refractivity (Wildman–Crippen MR) is 48.2 cm³/mol. The first kappa shape index (κ1) is 9.84. The zero-order valence-corrected chi connectivity index (χ0v) is 8.44. The number of nitrogens with two attached hydrogens (primary N) is 1. The van der Waals surface area contributed by atoms with Crippen LogP contribution in [0.3, 0.4) is 0 Å². The molecule has 0 bridgehead atoms. The van der Waals surface area contributed by atoms with E-state index in [1.807, 2.05) is 0 Å². The Morgan fingerprint density at radius 1 is 1.60 bits per heavy atom. The quantitative estimate of drug-likeness (QED) is 0.272. The molecule has 0 spiro atoms. The molecular weight excluding hydrogens is 264 g/mol. The summed E-state index contributed by atoms with van der Waals surface area (Å²) in [6.45, 7) is 1.73. The number of allylic oxidation sites excluding steroid dienone is 2. The molecule has 0 aromatic rings. The zero-order valence-electron chi connectivity index (χ0n) is 5.27. The van der Waals surface area contributed by atoms with Crippen molar-refractivity contribution >= 4 is 42.8 Å². The summed E-state index contributed by atoms with van der Waals surface area (Å²) < 4.78 is 1.04. The molecule has 0 atom stereocenters. The molecule has 10 heavy (non-hydrogen) atoms. The molecule has 2 N–H and O–H groups in total. The van der Waals surface area contributed by atoms with Crippen molar-refractivity contribution in [1.82, 2.24) is 0 Å². The molecule has 0 saturated heterocycles. The van der Waals surface area contributed by atoms with Crippen molar-refractivity contribution < 1.29 is 4.79 Å². The Bertz CT molecular complexity index is 194. The highest BCUT2D eigenvalue weighted by Gasteiger charge is 2.03. The summed E-state index contributed by atoms with van der Waals surface area (Å²) in [5, 5.41) is 3.30. The van der Waals surface area contributed by atoms with Crippen LogP contribution >= 0.6 is 31.9 Å². The topological polar surface area (TPSA) is 55.5 Å². The van der Waals surface area contributed by atoms with Crippen LogP contribution < -0.4 is 5.84 Å². The van der Waals surface area contributed by atoms with Gasteiger partial charge in [-0.2, -0.15) is 5.10 Å². The van der Waals surface area contributed by atoms with Gasteiger partial charge in [0.15, 0.2) is 6.29 Å². The monoisotopic (exact) mass is 268 g/mol. The Kier molecular flexibility index (Phi) is 4.55. The van der Waals surface area contributed by atoms with E-state index < -0.39 is 0 Å². The molecule has 56 valence electrons. The lowest BCUT2D eigenvalue weighted by molar-refractivity contribution is -0.104. The minimum Gasteiger partial charge on any atom is -0.322 e. The maximum absolute atomic E-state index is 10.3. The van der Waals surface area contributed by atoms with Gasteiger partial charge in [-0.25, -0.2) is 0 Å². The van der Waals surface area contributed by atoms with Crippen molar-refractivity contribution in [1.29, 1.82) is 0 Å². The van der Waals surface area contributed by atoms with Gasteiger partial charge in [-0.1, -0.05) is 15.9 Å². The number of aldehydes is 1. The van der Waals surface area contributed by atoms with Crippen LogP contribution in [0, 0.1) is 0 Å². The molecule has 3 nitrogen and oxygen atoms in total. The fraction of sp³-hybridized carbons (Fsp3) is 0.200. The molecule has 0 heterocycles. The summed E-state index contributed by atoms with van der Waals surface area (Å²) in [5.74, 6) is 4.91. The number of carbonyl (C=O) groups is 1. The number of hydrazone groups is 1. The minimum atomic E-state index is 0.344. The van der Waals surface area contributed by atoms with Crippen molar-refractivity contribution in [2.24, 2.45) is 10.9 Å². The summed E-state index contributed by atoms with van der Waals surface area (Å²) in [4.78, 5) is 10.3. The van der Waals surface area contributed by atoms with Crippen LogP contribution in [-0.2, 0) is 4.79 Å². The highest BCUT2D eigenvalue weighted by atomic mass is 79.9. The molecule has 5 heteroatoms. The second kappa shape index (κ2) is 4.62. The van der Waals surface area contributed by atoms with Gasteiger partial charge in [0.05, 0.1) is 5.57 Å². The van der Waals surface area contributed by atoms with Gasteiger partial charge < -0.3 is 5.84 Å². The van der Waals surface area contributed by atoms with E-state index in [1.54, 1.807) is 6.92 Å². The second-order valence-electron chi connectivity index (χ2n) is 1.48. The predicted octanol–water partition coefficient (Wildman–Crippen LogP) is 1.52. The summed E-state index contributed by atoms with van der Waals surface area (Å²) in [5.41, 5.74) is 0.419.